The van der Waals surface area contributed by atoms with Crippen LogP contribution in [-0.2, 0) is 0 Å². The Bertz CT molecular complexity index is 709. The van der Waals surface area contributed by atoms with Crippen LogP contribution in [0.3, 0.4) is 0 Å². The predicted molar refractivity (Wildman–Crippen MR) is 78.0 cm³/mol. The van der Waals surface area contributed by atoms with E-state index >= 15 is 0 Å². The van der Waals surface area contributed by atoms with E-state index in [4.69, 9.17) is 5.26 Å². The first-order valence-corrected chi connectivity index (χ1v) is 6.55. The molecular formula is C15H10BrFN2O. The maximum Gasteiger partial charge on any atom is 0.258 e. The summed E-state index contributed by atoms with van der Waals surface area (Å²) in [4.78, 5) is 13.6. The van der Waals surface area contributed by atoms with Gasteiger partial charge in [0, 0.05) is 18.3 Å². The molecule has 1 amide bonds. The highest BCUT2D eigenvalue weighted by Crippen LogP contribution is 2.20. The van der Waals surface area contributed by atoms with Gasteiger partial charge < -0.3 is 4.90 Å². The van der Waals surface area contributed by atoms with Crippen LogP contribution < -0.4 is 4.90 Å². The third-order valence-corrected chi connectivity index (χ3v) is 3.48. The van der Waals surface area contributed by atoms with E-state index in [0.717, 1.165) is 0 Å². The van der Waals surface area contributed by atoms with Gasteiger partial charge in [-0.2, -0.15) is 5.26 Å². The molecule has 0 saturated heterocycles. The maximum absolute atomic E-state index is 13.5. The summed E-state index contributed by atoms with van der Waals surface area (Å²) in [6.07, 6.45) is 0. The van der Waals surface area contributed by atoms with Crippen molar-refractivity contribution in [1.82, 2.24) is 0 Å². The molecule has 2 rings (SSSR count). The first-order chi connectivity index (χ1) is 9.52. The van der Waals surface area contributed by atoms with Crippen molar-refractivity contribution >= 4 is 27.5 Å². The number of hydrogen-bond donors (Lipinski definition) is 0. The molecule has 0 unspecified atom stereocenters. The minimum Gasteiger partial charge on any atom is -0.311 e. The zero-order valence-corrected chi connectivity index (χ0v) is 12.2. The van der Waals surface area contributed by atoms with E-state index in [1.807, 2.05) is 6.07 Å². The summed E-state index contributed by atoms with van der Waals surface area (Å²) >= 11 is 3.04. The lowest BCUT2D eigenvalue weighted by molar-refractivity contribution is 0.0992. The van der Waals surface area contributed by atoms with E-state index in [-0.39, 0.29) is 11.5 Å². The summed E-state index contributed by atoms with van der Waals surface area (Å²) < 4.78 is 13.8. The Morgan fingerprint density at radius 1 is 1.30 bits per heavy atom. The number of nitriles is 1. The van der Waals surface area contributed by atoms with Gasteiger partial charge in [0.05, 0.1) is 16.1 Å². The molecule has 20 heavy (non-hydrogen) atoms. The second kappa shape index (κ2) is 5.85. The smallest absolute Gasteiger partial charge is 0.258 e. The summed E-state index contributed by atoms with van der Waals surface area (Å²) in [6, 6.07) is 12.9. The number of carbonyl (C=O) groups excluding carboxylic acids is 1. The molecule has 2 aromatic rings. The van der Waals surface area contributed by atoms with E-state index in [9.17, 15) is 9.18 Å². The van der Waals surface area contributed by atoms with Gasteiger partial charge in [-0.05, 0) is 52.3 Å². The SMILES string of the molecule is CN(C(=O)c1ccc(Br)c(F)c1)c1cccc(C#N)c1. The van der Waals surface area contributed by atoms with Crippen molar-refractivity contribution in [3.05, 3.63) is 63.9 Å². The molecule has 0 heterocycles. The Labute approximate surface area is 124 Å². The Morgan fingerprint density at radius 2 is 2.05 bits per heavy atom. The van der Waals surface area contributed by atoms with Gasteiger partial charge in [0.15, 0.2) is 0 Å². The van der Waals surface area contributed by atoms with E-state index in [2.05, 4.69) is 15.9 Å². The van der Waals surface area contributed by atoms with Crippen LogP contribution in [0, 0.1) is 17.1 Å². The van der Waals surface area contributed by atoms with Gasteiger partial charge in [0.2, 0.25) is 0 Å². The van der Waals surface area contributed by atoms with Crippen LogP contribution in [0.5, 0.6) is 0 Å². The van der Waals surface area contributed by atoms with Gasteiger partial charge in [0.1, 0.15) is 5.82 Å². The molecule has 0 spiro atoms. The molecule has 0 fully saturated rings. The molecule has 0 atom stereocenters. The lowest BCUT2D eigenvalue weighted by Gasteiger charge is -2.17. The van der Waals surface area contributed by atoms with Crippen LogP contribution in [0.4, 0.5) is 10.1 Å². The second-order valence-corrected chi connectivity index (χ2v) is 5.01. The first-order valence-electron chi connectivity index (χ1n) is 5.76. The first kappa shape index (κ1) is 14.2. The Balaban J connectivity index is 2.32. The van der Waals surface area contributed by atoms with Crippen LogP contribution in [0.25, 0.3) is 0 Å². The number of halogens is 2. The molecule has 0 aliphatic heterocycles. The number of benzene rings is 2. The molecule has 0 aliphatic rings. The second-order valence-electron chi connectivity index (χ2n) is 4.16. The third kappa shape index (κ3) is 2.86. The zero-order valence-electron chi connectivity index (χ0n) is 10.6. The van der Waals surface area contributed by atoms with Crippen LogP contribution in [0.1, 0.15) is 15.9 Å². The molecule has 0 saturated carbocycles. The van der Waals surface area contributed by atoms with Crippen molar-refractivity contribution in [3.8, 4) is 6.07 Å². The summed E-state index contributed by atoms with van der Waals surface area (Å²) in [7, 11) is 1.58. The average Bonchev–Trinajstić information content (AvgIpc) is 2.48. The highest BCUT2D eigenvalue weighted by molar-refractivity contribution is 9.10. The molecule has 0 bridgehead atoms. The summed E-state index contributed by atoms with van der Waals surface area (Å²) in [5, 5.41) is 8.86. The van der Waals surface area contributed by atoms with Gasteiger partial charge >= 0.3 is 0 Å². The highest BCUT2D eigenvalue weighted by atomic mass is 79.9. The molecule has 0 N–H and O–H groups in total. The number of carbonyl (C=O) groups is 1. The van der Waals surface area contributed by atoms with E-state index in [1.165, 1.54) is 17.0 Å². The normalized spacial score (nSPS) is 9.90. The molecule has 0 aromatic heterocycles. The zero-order chi connectivity index (χ0) is 14.7. The monoisotopic (exact) mass is 332 g/mol. The van der Waals surface area contributed by atoms with Crippen LogP contribution in [0.2, 0.25) is 0 Å². The van der Waals surface area contributed by atoms with Crippen LogP contribution in [-0.4, -0.2) is 13.0 Å². The largest absolute Gasteiger partial charge is 0.311 e. The predicted octanol–water partition coefficient (Wildman–Crippen LogP) is 3.74. The van der Waals surface area contributed by atoms with Gasteiger partial charge in [-0.15, -0.1) is 0 Å². The topological polar surface area (TPSA) is 44.1 Å². The number of nitrogens with zero attached hydrogens (tertiary/aromatic N) is 2. The van der Waals surface area contributed by atoms with Crippen molar-refractivity contribution in [2.75, 3.05) is 11.9 Å². The molecule has 3 nitrogen and oxygen atoms in total. The van der Waals surface area contributed by atoms with Crippen LogP contribution >= 0.6 is 15.9 Å². The summed E-state index contributed by atoms with van der Waals surface area (Å²) in [5.41, 5.74) is 1.29. The van der Waals surface area contributed by atoms with Gasteiger partial charge in [-0.1, -0.05) is 6.07 Å². The van der Waals surface area contributed by atoms with Crippen molar-refractivity contribution in [1.29, 1.82) is 5.26 Å². The van der Waals surface area contributed by atoms with Crippen molar-refractivity contribution in [2.24, 2.45) is 0 Å². The minimum absolute atomic E-state index is 0.246. The fourth-order valence-electron chi connectivity index (χ4n) is 1.72. The lowest BCUT2D eigenvalue weighted by Crippen LogP contribution is -2.26. The third-order valence-electron chi connectivity index (χ3n) is 2.83. The standard InChI is InChI=1S/C15H10BrFN2O/c1-19(12-4-2-3-10(7-12)9-18)15(20)11-5-6-13(16)14(17)8-11/h2-8H,1H3. The van der Waals surface area contributed by atoms with E-state index in [1.54, 1.807) is 37.4 Å². The molecule has 2 aromatic carbocycles. The van der Waals surface area contributed by atoms with E-state index < -0.39 is 5.82 Å². The van der Waals surface area contributed by atoms with Gasteiger partial charge in [-0.3, -0.25) is 4.79 Å². The highest BCUT2D eigenvalue weighted by Gasteiger charge is 2.15. The Kier molecular flexibility index (Phi) is 4.16. The summed E-state index contributed by atoms with van der Waals surface area (Å²) in [5.74, 6) is -0.832. The Hall–Kier alpha value is -2.19. The number of amides is 1. The quantitative estimate of drug-likeness (QED) is 0.840. The molecule has 100 valence electrons. The minimum atomic E-state index is -0.491. The van der Waals surface area contributed by atoms with E-state index in [0.29, 0.717) is 15.7 Å². The Morgan fingerprint density at radius 3 is 2.70 bits per heavy atom. The lowest BCUT2D eigenvalue weighted by atomic mass is 10.1. The number of anilines is 1. The van der Waals surface area contributed by atoms with Crippen molar-refractivity contribution in [2.45, 2.75) is 0 Å². The average molecular weight is 333 g/mol. The maximum atomic E-state index is 13.5. The van der Waals surface area contributed by atoms with Gasteiger partial charge in [-0.25, -0.2) is 4.39 Å². The van der Waals surface area contributed by atoms with Crippen molar-refractivity contribution < 1.29 is 9.18 Å². The summed E-state index contributed by atoms with van der Waals surface area (Å²) in [6.45, 7) is 0. The fourth-order valence-corrected chi connectivity index (χ4v) is 1.97. The van der Waals surface area contributed by atoms with Crippen molar-refractivity contribution in [3.63, 3.8) is 0 Å². The number of hydrogen-bond acceptors (Lipinski definition) is 2. The van der Waals surface area contributed by atoms with Gasteiger partial charge in [0.25, 0.3) is 5.91 Å². The molecule has 5 heteroatoms. The molecule has 0 radical (unpaired) electrons. The van der Waals surface area contributed by atoms with Crippen LogP contribution in [0.15, 0.2) is 46.9 Å². The number of rotatable bonds is 2. The molecule has 0 aliphatic carbocycles. The molecular weight excluding hydrogens is 323 g/mol. The fraction of sp³-hybridized carbons (Fsp3) is 0.0667.